The Morgan fingerprint density at radius 3 is 2.75 bits per heavy atom. The van der Waals surface area contributed by atoms with Crippen molar-refractivity contribution in [1.82, 2.24) is 9.55 Å². The van der Waals surface area contributed by atoms with Gasteiger partial charge in [0.05, 0.1) is 18.2 Å². The Kier molecular flexibility index (Phi) is 3.59. The molecule has 0 aliphatic carbocycles. The summed E-state index contributed by atoms with van der Waals surface area (Å²) in [6, 6.07) is 12.7. The maximum atomic E-state index is 6.14. The van der Waals surface area contributed by atoms with Gasteiger partial charge in [-0.15, -0.1) is 0 Å². The lowest BCUT2D eigenvalue weighted by molar-refractivity contribution is 0.660. The van der Waals surface area contributed by atoms with E-state index >= 15 is 0 Å². The molecular formula is C16H16BrN3. The zero-order valence-electron chi connectivity index (χ0n) is 11.3. The summed E-state index contributed by atoms with van der Waals surface area (Å²) >= 11 is 3.50. The number of halogens is 1. The van der Waals surface area contributed by atoms with E-state index in [2.05, 4.69) is 68.8 Å². The van der Waals surface area contributed by atoms with Crippen molar-refractivity contribution in [3.05, 3.63) is 59.1 Å². The number of aromatic nitrogens is 2. The Labute approximate surface area is 126 Å². The number of nitrogens with two attached hydrogens (primary N) is 1. The number of fused-ring (bicyclic) bond motifs is 1. The van der Waals surface area contributed by atoms with E-state index in [9.17, 15) is 0 Å². The van der Waals surface area contributed by atoms with Crippen LogP contribution in [0.15, 0.2) is 53.4 Å². The van der Waals surface area contributed by atoms with Gasteiger partial charge in [-0.05, 0) is 41.5 Å². The molecule has 20 heavy (non-hydrogen) atoms. The van der Waals surface area contributed by atoms with Gasteiger partial charge < -0.3 is 10.3 Å². The SMILES string of the molecule is CC[C@@H](N)c1cncn1-c1ccc2cc(Br)ccc2c1. The maximum absolute atomic E-state index is 6.14. The molecule has 1 heterocycles. The van der Waals surface area contributed by atoms with E-state index in [0.29, 0.717) is 0 Å². The summed E-state index contributed by atoms with van der Waals surface area (Å²) in [6.07, 6.45) is 4.57. The third kappa shape index (κ3) is 2.37. The van der Waals surface area contributed by atoms with E-state index in [1.54, 1.807) is 0 Å². The molecule has 0 saturated carbocycles. The summed E-state index contributed by atoms with van der Waals surface area (Å²) in [4.78, 5) is 4.24. The molecule has 1 atom stereocenters. The smallest absolute Gasteiger partial charge is 0.0994 e. The van der Waals surface area contributed by atoms with Gasteiger partial charge in [-0.25, -0.2) is 4.98 Å². The topological polar surface area (TPSA) is 43.8 Å². The molecule has 0 aliphatic heterocycles. The van der Waals surface area contributed by atoms with Crippen molar-refractivity contribution < 1.29 is 0 Å². The fourth-order valence-corrected chi connectivity index (χ4v) is 2.74. The second-order valence-electron chi connectivity index (χ2n) is 4.88. The molecule has 0 spiro atoms. The average molecular weight is 330 g/mol. The molecule has 0 fully saturated rings. The highest BCUT2D eigenvalue weighted by atomic mass is 79.9. The van der Waals surface area contributed by atoms with Gasteiger partial charge in [-0.3, -0.25) is 0 Å². The highest BCUT2D eigenvalue weighted by molar-refractivity contribution is 9.10. The third-order valence-corrected chi connectivity index (χ3v) is 4.04. The Balaban J connectivity index is 2.11. The molecule has 2 aromatic carbocycles. The van der Waals surface area contributed by atoms with E-state index < -0.39 is 0 Å². The highest BCUT2D eigenvalue weighted by Gasteiger charge is 2.11. The van der Waals surface area contributed by atoms with Crippen molar-refractivity contribution in [2.24, 2.45) is 5.73 Å². The zero-order chi connectivity index (χ0) is 14.1. The number of rotatable bonds is 3. The fraction of sp³-hybridized carbons (Fsp3) is 0.188. The Morgan fingerprint density at radius 2 is 1.95 bits per heavy atom. The van der Waals surface area contributed by atoms with Crippen LogP contribution in [0, 0.1) is 0 Å². The zero-order valence-corrected chi connectivity index (χ0v) is 12.8. The van der Waals surface area contributed by atoms with Gasteiger partial charge in [0.15, 0.2) is 0 Å². The molecular weight excluding hydrogens is 314 g/mol. The number of benzene rings is 2. The largest absolute Gasteiger partial charge is 0.323 e. The Hall–Kier alpha value is -1.65. The normalized spacial score (nSPS) is 12.8. The summed E-state index contributed by atoms with van der Waals surface area (Å²) in [6.45, 7) is 2.08. The van der Waals surface area contributed by atoms with E-state index in [1.807, 2.05) is 12.5 Å². The summed E-state index contributed by atoms with van der Waals surface area (Å²) in [5.41, 5.74) is 8.28. The van der Waals surface area contributed by atoms with Crippen molar-refractivity contribution >= 4 is 26.7 Å². The average Bonchev–Trinajstić information content (AvgIpc) is 2.95. The van der Waals surface area contributed by atoms with Crippen LogP contribution in [-0.4, -0.2) is 9.55 Å². The minimum absolute atomic E-state index is 0.0121. The first-order chi connectivity index (χ1) is 9.69. The molecule has 0 amide bonds. The molecule has 0 aliphatic rings. The molecule has 1 aromatic heterocycles. The van der Waals surface area contributed by atoms with Crippen LogP contribution in [0.1, 0.15) is 25.1 Å². The molecule has 0 unspecified atom stereocenters. The van der Waals surface area contributed by atoms with Crippen LogP contribution in [0.4, 0.5) is 0 Å². The lowest BCUT2D eigenvalue weighted by Gasteiger charge is -2.13. The minimum Gasteiger partial charge on any atom is -0.323 e. The van der Waals surface area contributed by atoms with Gasteiger partial charge in [-0.1, -0.05) is 35.0 Å². The molecule has 3 aromatic rings. The molecule has 102 valence electrons. The highest BCUT2D eigenvalue weighted by Crippen LogP contribution is 2.24. The van der Waals surface area contributed by atoms with Crippen LogP contribution < -0.4 is 5.73 Å². The standard InChI is InChI=1S/C16H16BrN3/c1-2-15(18)16-9-19-10-20(16)14-6-4-11-7-13(17)5-3-12(11)8-14/h3-10,15H,2,18H2,1H3/t15-/m1/s1. The van der Waals surface area contributed by atoms with Gasteiger partial charge >= 0.3 is 0 Å². The summed E-state index contributed by atoms with van der Waals surface area (Å²) < 4.78 is 3.16. The van der Waals surface area contributed by atoms with E-state index in [0.717, 1.165) is 22.3 Å². The van der Waals surface area contributed by atoms with Crippen molar-refractivity contribution in [2.75, 3.05) is 0 Å². The molecule has 2 N–H and O–H groups in total. The molecule has 3 rings (SSSR count). The van der Waals surface area contributed by atoms with E-state index in [1.165, 1.54) is 10.8 Å². The lowest BCUT2D eigenvalue weighted by atomic mass is 10.1. The van der Waals surface area contributed by atoms with Crippen molar-refractivity contribution in [1.29, 1.82) is 0 Å². The Morgan fingerprint density at radius 1 is 1.20 bits per heavy atom. The maximum Gasteiger partial charge on any atom is 0.0994 e. The van der Waals surface area contributed by atoms with Crippen molar-refractivity contribution in [2.45, 2.75) is 19.4 Å². The van der Waals surface area contributed by atoms with Crippen molar-refractivity contribution in [3.63, 3.8) is 0 Å². The second kappa shape index (κ2) is 5.38. The first-order valence-electron chi connectivity index (χ1n) is 6.66. The monoisotopic (exact) mass is 329 g/mol. The predicted molar refractivity (Wildman–Crippen MR) is 86.0 cm³/mol. The fourth-order valence-electron chi connectivity index (χ4n) is 2.36. The van der Waals surface area contributed by atoms with Crippen molar-refractivity contribution in [3.8, 4) is 5.69 Å². The Bertz CT molecular complexity index is 748. The van der Waals surface area contributed by atoms with Crippen LogP contribution in [0.2, 0.25) is 0 Å². The van der Waals surface area contributed by atoms with Gasteiger partial charge in [0.2, 0.25) is 0 Å². The number of imidazole rings is 1. The molecule has 0 saturated heterocycles. The number of nitrogens with zero attached hydrogens (tertiary/aromatic N) is 2. The summed E-state index contributed by atoms with van der Waals surface area (Å²) in [5, 5.41) is 2.42. The van der Waals surface area contributed by atoms with Crippen LogP contribution >= 0.6 is 15.9 Å². The third-order valence-electron chi connectivity index (χ3n) is 3.55. The molecule has 0 bridgehead atoms. The molecule has 4 heteroatoms. The van der Waals surface area contributed by atoms with Crippen LogP contribution in [0.25, 0.3) is 16.5 Å². The first kappa shape index (κ1) is 13.3. The minimum atomic E-state index is 0.0121. The molecule has 3 nitrogen and oxygen atoms in total. The van der Waals surface area contributed by atoms with E-state index in [-0.39, 0.29) is 6.04 Å². The van der Waals surface area contributed by atoms with Crippen LogP contribution in [0.3, 0.4) is 0 Å². The molecule has 0 radical (unpaired) electrons. The van der Waals surface area contributed by atoms with Gasteiger partial charge in [-0.2, -0.15) is 0 Å². The summed E-state index contributed by atoms with van der Waals surface area (Å²) in [5.74, 6) is 0. The first-order valence-corrected chi connectivity index (χ1v) is 7.46. The van der Waals surface area contributed by atoms with E-state index in [4.69, 9.17) is 5.73 Å². The van der Waals surface area contributed by atoms with Gasteiger partial charge in [0.25, 0.3) is 0 Å². The van der Waals surface area contributed by atoms with Gasteiger partial charge in [0, 0.05) is 16.2 Å². The van der Waals surface area contributed by atoms with Gasteiger partial charge in [0.1, 0.15) is 0 Å². The second-order valence-corrected chi connectivity index (χ2v) is 5.79. The number of hydrogen-bond acceptors (Lipinski definition) is 2. The predicted octanol–water partition coefficient (Wildman–Crippen LogP) is 4.20. The van der Waals surface area contributed by atoms with Crippen LogP contribution in [-0.2, 0) is 0 Å². The summed E-state index contributed by atoms with van der Waals surface area (Å²) in [7, 11) is 0. The van der Waals surface area contributed by atoms with Crippen LogP contribution in [0.5, 0.6) is 0 Å². The lowest BCUT2D eigenvalue weighted by Crippen LogP contribution is -2.13. The quantitative estimate of drug-likeness (QED) is 0.782. The number of hydrogen-bond donors (Lipinski definition) is 1.